The van der Waals surface area contributed by atoms with Crippen molar-refractivity contribution in [2.75, 3.05) is 19.0 Å². The summed E-state index contributed by atoms with van der Waals surface area (Å²) in [7, 11) is 1.65. The summed E-state index contributed by atoms with van der Waals surface area (Å²) < 4.78 is 5.22. The molecule has 0 bridgehead atoms. The zero-order valence-corrected chi connectivity index (χ0v) is 15.1. The highest BCUT2D eigenvalue weighted by atomic mass is 16.5. The molecule has 0 aliphatic rings. The fourth-order valence-electron chi connectivity index (χ4n) is 2.48. The molecule has 0 fully saturated rings. The molecule has 0 saturated heterocycles. The first kappa shape index (κ1) is 18.3. The molecule has 0 saturated carbocycles. The topological polar surface area (TPSA) is 89.0 Å². The van der Waals surface area contributed by atoms with Crippen molar-refractivity contribution >= 4 is 11.7 Å². The molecule has 0 unspecified atom stereocenters. The zero-order valence-electron chi connectivity index (χ0n) is 15.1. The average molecular weight is 363 g/mol. The quantitative estimate of drug-likeness (QED) is 0.639. The van der Waals surface area contributed by atoms with E-state index in [9.17, 15) is 4.79 Å². The van der Waals surface area contributed by atoms with Crippen LogP contribution in [-0.4, -0.2) is 34.5 Å². The van der Waals surface area contributed by atoms with Gasteiger partial charge in [-0.1, -0.05) is 18.2 Å². The van der Waals surface area contributed by atoms with Gasteiger partial charge in [0.05, 0.1) is 19.5 Å². The molecule has 3 aromatic rings. The number of pyridine rings is 1. The van der Waals surface area contributed by atoms with Gasteiger partial charge in [-0.25, -0.2) is 9.97 Å². The Bertz CT molecular complexity index is 869. The van der Waals surface area contributed by atoms with E-state index in [1.165, 1.54) is 11.8 Å². The van der Waals surface area contributed by atoms with E-state index in [0.717, 1.165) is 17.7 Å². The summed E-state index contributed by atoms with van der Waals surface area (Å²) in [5.74, 6) is 1.20. The lowest BCUT2D eigenvalue weighted by Crippen LogP contribution is -2.24. The minimum Gasteiger partial charge on any atom is -0.497 e. The summed E-state index contributed by atoms with van der Waals surface area (Å²) in [6.07, 6.45) is 7.25. The maximum atomic E-state index is 12.1. The second-order valence-electron chi connectivity index (χ2n) is 5.86. The number of ether oxygens (including phenoxy) is 1. The number of nitrogens with zero attached hydrogens (tertiary/aromatic N) is 3. The standard InChI is InChI=1S/C20H21N5O2/c1-27-17-6-2-4-15(10-17)7-9-22-19-14-23-18(13-24-19)20(26)25-12-16-5-3-8-21-11-16/h2-6,8,10-11,13-14H,7,9,12H2,1H3,(H,22,24)(H,25,26). The second kappa shape index (κ2) is 9.28. The molecule has 138 valence electrons. The number of aromatic nitrogens is 3. The molecule has 1 aromatic carbocycles. The van der Waals surface area contributed by atoms with Gasteiger partial charge in [-0.3, -0.25) is 9.78 Å². The maximum absolute atomic E-state index is 12.1. The normalized spacial score (nSPS) is 10.3. The van der Waals surface area contributed by atoms with Crippen molar-refractivity contribution in [3.05, 3.63) is 78.0 Å². The van der Waals surface area contributed by atoms with Crippen molar-refractivity contribution in [3.8, 4) is 5.75 Å². The van der Waals surface area contributed by atoms with Crippen molar-refractivity contribution in [1.82, 2.24) is 20.3 Å². The van der Waals surface area contributed by atoms with Gasteiger partial charge >= 0.3 is 0 Å². The van der Waals surface area contributed by atoms with Crippen LogP contribution < -0.4 is 15.4 Å². The van der Waals surface area contributed by atoms with E-state index in [2.05, 4.69) is 25.6 Å². The van der Waals surface area contributed by atoms with E-state index in [-0.39, 0.29) is 11.6 Å². The summed E-state index contributed by atoms with van der Waals surface area (Å²) in [4.78, 5) is 24.6. The maximum Gasteiger partial charge on any atom is 0.271 e. The number of carbonyl (C=O) groups is 1. The second-order valence-corrected chi connectivity index (χ2v) is 5.86. The molecule has 2 N–H and O–H groups in total. The monoisotopic (exact) mass is 363 g/mol. The molecule has 7 heteroatoms. The van der Waals surface area contributed by atoms with Gasteiger partial charge in [0.25, 0.3) is 5.91 Å². The number of hydrogen-bond donors (Lipinski definition) is 2. The Hall–Kier alpha value is -3.48. The average Bonchev–Trinajstić information content (AvgIpc) is 2.73. The first-order valence-electron chi connectivity index (χ1n) is 8.60. The van der Waals surface area contributed by atoms with E-state index in [1.54, 1.807) is 25.7 Å². The predicted molar refractivity (Wildman–Crippen MR) is 103 cm³/mol. The number of nitrogens with one attached hydrogen (secondary N) is 2. The van der Waals surface area contributed by atoms with Gasteiger partial charge in [0.15, 0.2) is 0 Å². The van der Waals surface area contributed by atoms with Gasteiger partial charge in [0.2, 0.25) is 0 Å². The van der Waals surface area contributed by atoms with Crippen LogP contribution in [-0.2, 0) is 13.0 Å². The first-order chi connectivity index (χ1) is 13.2. The summed E-state index contributed by atoms with van der Waals surface area (Å²) in [6.45, 7) is 1.10. The Morgan fingerprint density at radius 1 is 1.07 bits per heavy atom. The lowest BCUT2D eigenvalue weighted by Gasteiger charge is -2.08. The number of anilines is 1. The van der Waals surface area contributed by atoms with Gasteiger partial charge in [0.1, 0.15) is 17.3 Å². The Kier molecular flexibility index (Phi) is 6.30. The summed E-state index contributed by atoms with van der Waals surface area (Å²) >= 11 is 0. The minimum atomic E-state index is -0.269. The van der Waals surface area contributed by atoms with Crippen molar-refractivity contribution < 1.29 is 9.53 Å². The molecule has 0 atom stereocenters. The molecule has 2 heterocycles. The van der Waals surface area contributed by atoms with E-state index in [0.29, 0.717) is 18.9 Å². The highest BCUT2D eigenvalue weighted by Crippen LogP contribution is 2.13. The number of benzene rings is 1. The van der Waals surface area contributed by atoms with Gasteiger partial charge in [-0.2, -0.15) is 0 Å². The van der Waals surface area contributed by atoms with E-state index in [1.807, 2.05) is 36.4 Å². The molecule has 0 aliphatic heterocycles. The van der Waals surface area contributed by atoms with E-state index in [4.69, 9.17) is 4.74 Å². The molecule has 2 aromatic heterocycles. The van der Waals surface area contributed by atoms with Crippen molar-refractivity contribution in [1.29, 1.82) is 0 Å². The molecule has 27 heavy (non-hydrogen) atoms. The fourth-order valence-corrected chi connectivity index (χ4v) is 2.48. The summed E-state index contributed by atoms with van der Waals surface area (Å²) in [5, 5.41) is 6.00. The molecular formula is C20H21N5O2. The molecule has 3 rings (SSSR count). The van der Waals surface area contributed by atoms with E-state index < -0.39 is 0 Å². The smallest absolute Gasteiger partial charge is 0.271 e. The third kappa shape index (κ3) is 5.50. The van der Waals surface area contributed by atoms with Crippen LogP contribution in [0.25, 0.3) is 0 Å². The van der Waals surface area contributed by atoms with Gasteiger partial charge in [-0.15, -0.1) is 0 Å². The first-order valence-corrected chi connectivity index (χ1v) is 8.60. The number of carbonyl (C=O) groups excluding carboxylic acids is 1. The third-order valence-corrected chi connectivity index (χ3v) is 3.91. The number of amides is 1. The van der Waals surface area contributed by atoms with Crippen LogP contribution in [0.3, 0.4) is 0 Å². The Morgan fingerprint density at radius 2 is 1.96 bits per heavy atom. The molecule has 1 amide bonds. The summed E-state index contributed by atoms with van der Waals surface area (Å²) in [5.41, 5.74) is 2.37. The van der Waals surface area contributed by atoms with Gasteiger partial charge in [-0.05, 0) is 35.7 Å². The van der Waals surface area contributed by atoms with Gasteiger partial charge < -0.3 is 15.4 Å². The zero-order chi connectivity index (χ0) is 18.9. The number of rotatable bonds is 8. The van der Waals surface area contributed by atoms with Crippen LogP contribution in [0.15, 0.2) is 61.2 Å². The van der Waals surface area contributed by atoms with E-state index >= 15 is 0 Å². The largest absolute Gasteiger partial charge is 0.497 e. The Morgan fingerprint density at radius 3 is 2.70 bits per heavy atom. The van der Waals surface area contributed by atoms with Crippen LogP contribution in [0.1, 0.15) is 21.6 Å². The Balaban J connectivity index is 1.47. The van der Waals surface area contributed by atoms with Crippen LogP contribution in [0, 0.1) is 0 Å². The van der Waals surface area contributed by atoms with Crippen LogP contribution in [0.4, 0.5) is 5.82 Å². The lowest BCUT2D eigenvalue weighted by molar-refractivity contribution is 0.0945. The third-order valence-electron chi connectivity index (χ3n) is 3.91. The van der Waals surface area contributed by atoms with Crippen LogP contribution in [0.5, 0.6) is 5.75 Å². The molecule has 0 aliphatic carbocycles. The highest BCUT2D eigenvalue weighted by molar-refractivity contribution is 5.91. The summed E-state index contributed by atoms with van der Waals surface area (Å²) in [6, 6.07) is 11.7. The lowest BCUT2D eigenvalue weighted by atomic mass is 10.1. The van der Waals surface area contributed by atoms with Gasteiger partial charge in [0, 0.05) is 25.5 Å². The van der Waals surface area contributed by atoms with Crippen molar-refractivity contribution in [2.45, 2.75) is 13.0 Å². The fraction of sp³-hybridized carbons (Fsp3) is 0.200. The highest BCUT2D eigenvalue weighted by Gasteiger charge is 2.08. The van der Waals surface area contributed by atoms with Crippen LogP contribution in [0.2, 0.25) is 0 Å². The number of hydrogen-bond acceptors (Lipinski definition) is 6. The Labute approximate surface area is 157 Å². The predicted octanol–water partition coefficient (Wildman–Crippen LogP) is 2.46. The minimum absolute atomic E-state index is 0.269. The molecular weight excluding hydrogens is 342 g/mol. The number of methoxy groups -OCH3 is 1. The van der Waals surface area contributed by atoms with Crippen molar-refractivity contribution in [3.63, 3.8) is 0 Å². The SMILES string of the molecule is COc1cccc(CCNc2cnc(C(=O)NCc3cccnc3)cn2)c1. The van der Waals surface area contributed by atoms with Crippen molar-refractivity contribution in [2.24, 2.45) is 0 Å². The molecule has 7 nitrogen and oxygen atoms in total. The molecule has 0 spiro atoms. The van der Waals surface area contributed by atoms with Crippen LogP contribution >= 0.6 is 0 Å². The molecule has 0 radical (unpaired) electrons.